The summed E-state index contributed by atoms with van der Waals surface area (Å²) in [6.45, 7) is 1.58. The Labute approximate surface area is 113 Å². The SMILES string of the molecule is Cc1cc(C(=O)[O-])c(C(=O)O)cc1Cl.[Na+]. The van der Waals surface area contributed by atoms with Gasteiger partial charge in [0.15, 0.2) is 0 Å². The Balaban J connectivity index is 0.00000196. The minimum atomic E-state index is -1.53. The van der Waals surface area contributed by atoms with Crippen molar-refractivity contribution in [3.63, 3.8) is 0 Å². The Bertz CT molecular complexity index is 378. The zero-order chi connectivity index (χ0) is 10.9. The first-order valence-corrected chi connectivity index (χ1v) is 4.06. The van der Waals surface area contributed by atoms with Crippen LogP contribution in [0.2, 0.25) is 5.02 Å². The van der Waals surface area contributed by atoms with Crippen LogP contribution in [0.5, 0.6) is 0 Å². The predicted octanol–water partition coefficient (Wildman–Crippen LogP) is -2.29. The minimum Gasteiger partial charge on any atom is -0.545 e. The summed E-state index contributed by atoms with van der Waals surface area (Å²) in [5, 5.41) is 19.5. The van der Waals surface area contributed by atoms with E-state index >= 15 is 0 Å². The monoisotopic (exact) mass is 236 g/mol. The topological polar surface area (TPSA) is 77.4 Å². The van der Waals surface area contributed by atoms with Gasteiger partial charge in [-0.15, -0.1) is 0 Å². The molecule has 1 N–H and O–H groups in total. The first kappa shape index (κ1) is 14.5. The molecule has 0 fully saturated rings. The van der Waals surface area contributed by atoms with Crippen molar-refractivity contribution in [2.75, 3.05) is 0 Å². The van der Waals surface area contributed by atoms with E-state index in [-0.39, 0.29) is 45.7 Å². The number of carboxylic acids is 2. The number of aromatic carboxylic acids is 2. The third-order valence-electron chi connectivity index (χ3n) is 1.75. The smallest absolute Gasteiger partial charge is 0.545 e. The molecule has 0 aliphatic heterocycles. The fourth-order valence-electron chi connectivity index (χ4n) is 1.03. The molecule has 0 bridgehead atoms. The maximum atomic E-state index is 10.6. The van der Waals surface area contributed by atoms with Crippen LogP contribution < -0.4 is 34.7 Å². The van der Waals surface area contributed by atoms with E-state index in [1.807, 2.05) is 0 Å². The Morgan fingerprint density at radius 2 is 1.87 bits per heavy atom. The zero-order valence-electron chi connectivity index (χ0n) is 8.20. The molecule has 0 saturated heterocycles. The number of aryl methyl sites for hydroxylation is 1. The van der Waals surface area contributed by atoms with Crippen molar-refractivity contribution >= 4 is 23.5 Å². The van der Waals surface area contributed by atoms with E-state index in [1.54, 1.807) is 6.92 Å². The Morgan fingerprint density at radius 3 is 2.27 bits per heavy atom. The van der Waals surface area contributed by atoms with Gasteiger partial charge in [0.25, 0.3) is 0 Å². The van der Waals surface area contributed by atoms with Crippen molar-refractivity contribution in [1.82, 2.24) is 0 Å². The van der Waals surface area contributed by atoms with Crippen molar-refractivity contribution < 1.29 is 49.4 Å². The third-order valence-corrected chi connectivity index (χ3v) is 2.16. The third kappa shape index (κ3) is 3.21. The Kier molecular flexibility index (Phi) is 5.31. The van der Waals surface area contributed by atoms with Crippen molar-refractivity contribution in [3.8, 4) is 0 Å². The molecule has 15 heavy (non-hydrogen) atoms. The summed E-state index contributed by atoms with van der Waals surface area (Å²) in [6, 6.07) is 2.28. The van der Waals surface area contributed by atoms with E-state index in [2.05, 4.69) is 0 Å². The molecule has 4 nitrogen and oxygen atoms in total. The van der Waals surface area contributed by atoms with Gasteiger partial charge in [-0.05, 0) is 24.6 Å². The zero-order valence-corrected chi connectivity index (χ0v) is 11.0. The average molecular weight is 237 g/mol. The quantitative estimate of drug-likeness (QED) is 0.587. The molecule has 0 heterocycles. The maximum Gasteiger partial charge on any atom is 1.00 e. The van der Waals surface area contributed by atoms with Crippen LogP contribution in [0.1, 0.15) is 26.3 Å². The summed E-state index contributed by atoms with van der Waals surface area (Å²) in [4.78, 5) is 21.2. The van der Waals surface area contributed by atoms with Gasteiger partial charge in [-0.25, -0.2) is 4.79 Å². The molecule has 0 saturated carbocycles. The molecule has 1 aromatic rings. The number of rotatable bonds is 2. The van der Waals surface area contributed by atoms with Crippen LogP contribution in [0.25, 0.3) is 0 Å². The summed E-state index contributed by atoms with van der Waals surface area (Å²) >= 11 is 5.66. The van der Waals surface area contributed by atoms with Crippen molar-refractivity contribution in [3.05, 3.63) is 33.8 Å². The number of benzene rings is 1. The molecule has 6 heteroatoms. The second kappa shape index (κ2) is 5.51. The summed E-state index contributed by atoms with van der Waals surface area (Å²) in [5.74, 6) is -2.87. The maximum absolute atomic E-state index is 10.6. The van der Waals surface area contributed by atoms with Crippen LogP contribution >= 0.6 is 11.6 Å². The standard InChI is InChI=1S/C9H7ClO4.Na/c1-4-2-5(8(11)12)6(9(13)14)3-7(4)10;/h2-3H,1H3,(H,11,12)(H,13,14);/q;+1/p-1. The Hall–Kier alpha value is -0.550. The number of halogens is 1. The molecule has 0 aliphatic carbocycles. The van der Waals surface area contributed by atoms with Gasteiger partial charge in [-0.1, -0.05) is 11.6 Å². The van der Waals surface area contributed by atoms with Crippen molar-refractivity contribution in [1.29, 1.82) is 0 Å². The van der Waals surface area contributed by atoms with Gasteiger partial charge in [0.1, 0.15) is 0 Å². The van der Waals surface area contributed by atoms with Crippen LogP contribution in [-0.4, -0.2) is 17.0 Å². The van der Waals surface area contributed by atoms with Gasteiger partial charge in [0, 0.05) is 10.6 Å². The number of carboxylic acid groups (broad SMARTS) is 2. The molecule has 74 valence electrons. The summed E-state index contributed by atoms with van der Waals surface area (Å²) in [6.07, 6.45) is 0. The van der Waals surface area contributed by atoms with E-state index < -0.39 is 11.9 Å². The Morgan fingerprint density at radius 1 is 1.33 bits per heavy atom. The molecular weight excluding hydrogens is 231 g/mol. The number of carbonyl (C=O) groups excluding carboxylic acids is 1. The van der Waals surface area contributed by atoms with Crippen LogP contribution in [-0.2, 0) is 0 Å². The van der Waals surface area contributed by atoms with Crippen LogP contribution in [0.3, 0.4) is 0 Å². The van der Waals surface area contributed by atoms with Crippen LogP contribution in [0, 0.1) is 6.92 Å². The molecular formula is C9H6ClNaO4. The summed E-state index contributed by atoms with van der Waals surface area (Å²) < 4.78 is 0. The number of hydrogen-bond acceptors (Lipinski definition) is 3. The number of carbonyl (C=O) groups is 2. The van der Waals surface area contributed by atoms with E-state index in [9.17, 15) is 14.7 Å². The van der Waals surface area contributed by atoms with Gasteiger partial charge < -0.3 is 15.0 Å². The average Bonchev–Trinajstić information content (AvgIpc) is 2.08. The van der Waals surface area contributed by atoms with Crippen molar-refractivity contribution in [2.24, 2.45) is 0 Å². The molecule has 1 aromatic carbocycles. The van der Waals surface area contributed by atoms with Gasteiger partial charge in [0.2, 0.25) is 0 Å². The molecule has 0 radical (unpaired) electrons. The van der Waals surface area contributed by atoms with Gasteiger partial charge in [-0.2, -0.15) is 0 Å². The first-order valence-electron chi connectivity index (χ1n) is 3.68. The molecule has 0 aliphatic rings. The molecule has 0 spiro atoms. The largest absolute Gasteiger partial charge is 1.00 e. The van der Waals surface area contributed by atoms with Crippen LogP contribution in [0.4, 0.5) is 0 Å². The molecule has 0 unspecified atom stereocenters. The van der Waals surface area contributed by atoms with E-state index in [0.717, 1.165) is 6.07 Å². The van der Waals surface area contributed by atoms with Gasteiger partial charge in [0.05, 0.1) is 11.5 Å². The normalized spacial score (nSPS) is 9.20. The summed E-state index contributed by atoms with van der Waals surface area (Å²) in [7, 11) is 0. The summed E-state index contributed by atoms with van der Waals surface area (Å²) in [5.41, 5.74) is -0.226. The van der Waals surface area contributed by atoms with E-state index in [4.69, 9.17) is 16.7 Å². The second-order valence-corrected chi connectivity index (χ2v) is 3.15. The van der Waals surface area contributed by atoms with Gasteiger partial charge >= 0.3 is 35.5 Å². The molecule has 0 amide bonds. The molecule has 0 aromatic heterocycles. The first-order chi connectivity index (χ1) is 6.43. The molecule has 0 atom stereocenters. The second-order valence-electron chi connectivity index (χ2n) is 2.74. The fourth-order valence-corrected chi connectivity index (χ4v) is 1.19. The fraction of sp³-hybridized carbons (Fsp3) is 0.111. The predicted molar refractivity (Wildman–Crippen MR) is 47.5 cm³/mol. The van der Waals surface area contributed by atoms with E-state index in [0.29, 0.717) is 5.56 Å². The minimum absolute atomic E-state index is 0. The van der Waals surface area contributed by atoms with Crippen molar-refractivity contribution in [2.45, 2.75) is 6.92 Å². The van der Waals surface area contributed by atoms with E-state index in [1.165, 1.54) is 6.07 Å². The van der Waals surface area contributed by atoms with Crippen LogP contribution in [0.15, 0.2) is 12.1 Å². The van der Waals surface area contributed by atoms with Gasteiger partial charge in [-0.3, -0.25) is 0 Å². The number of hydrogen-bond donors (Lipinski definition) is 1. The molecule has 1 rings (SSSR count).